The molecule has 0 bridgehead atoms. The zero-order valence-corrected chi connectivity index (χ0v) is 9.95. The van der Waals surface area contributed by atoms with Crippen LogP contribution >= 0.6 is 0 Å². The smallest absolute Gasteiger partial charge is 0.311 e. The fourth-order valence-electron chi connectivity index (χ4n) is 1.61. The number of nitro benzene ring substituents is 1. The average molecular weight is 262 g/mol. The van der Waals surface area contributed by atoms with E-state index in [2.05, 4.69) is 0 Å². The molecule has 0 aliphatic heterocycles. The van der Waals surface area contributed by atoms with E-state index in [0.29, 0.717) is 11.3 Å². The van der Waals surface area contributed by atoms with Crippen LogP contribution < -0.4 is 10.5 Å². The summed E-state index contributed by atoms with van der Waals surface area (Å²) >= 11 is 0. The summed E-state index contributed by atoms with van der Waals surface area (Å²) in [6.45, 7) is 0. The first kappa shape index (κ1) is 12.6. The van der Waals surface area contributed by atoms with Crippen molar-refractivity contribution < 1.29 is 18.9 Å². The molecule has 0 atom stereocenters. The number of hydrogen-bond acceptors (Lipinski definition) is 5. The van der Waals surface area contributed by atoms with E-state index < -0.39 is 10.8 Å². The molecule has 2 rings (SSSR count). The summed E-state index contributed by atoms with van der Waals surface area (Å²) in [5, 5.41) is 10.9. The molecule has 2 N–H and O–H groups in total. The molecule has 0 saturated carbocycles. The van der Waals surface area contributed by atoms with E-state index in [-0.39, 0.29) is 17.2 Å². The second-order valence-corrected chi connectivity index (χ2v) is 3.67. The van der Waals surface area contributed by atoms with Crippen molar-refractivity contribution in [1.29, 1.82) is 0 Å². The van der Waals surface area contributed by atoms with Gasteiger partial charge in [0.05, 0.1) is 12.0 Å². The van der Waals surface area contributed by atoms with Crippen molar-refractivity contribution in [2.75, 3.05) is 7.11 Å². The highest BCUT2D eigenvalue weighted by Crippen LogP contribution is 2.32. The lowest BCUT2D eigenvalue weighted by molar-refractivity contribution is -0.385. The van der Waals surface area contributed by atoms with Crippen LogP contribution in [0.5, 0.6) is 5.75 Å². The van der Waals surface area contributed by atoms with Gasteiger partial charge >= 0.3 is 5.69 Å². The van der Waals surface area contributed by atoms with Crippen LogP contribution in [0.3, 0.4) is 0 Å². The fraction of sp³-hybridized carbons (Fsp3) is 0.0833. The molecule has 19 heavy (non-hydrogen) atoms. The molecule has 0 fully saturated rings. The van der Waals surface area contributed by atoms with Gasteiger partial charge < -0.3 is 14.9 Å². The van der Waals surface area contributed by atoms with Gasteiger partial charge in [-0.25, -0.2) is 0 Å². The largest absolute Gasteiger partial charge is 0.490 e. The van der Waals surface area contributed by atoms with Gasteiger partial charge in [-0.1, -0.05) is 0 Å². The molecule has 1 aromatic heterocycles. The van der Waals surface area contributed by atoms with E-state index in [0.717, 1.165) is 0 Å². The van der Waals surface area contributed by atoms with E-state index >= 15 is 0 Å². The quantitative estimate of drug-likeness (QED) is 0.669. The normalized spacial score (nSPS) is 10.2. The lowest BCUT2D eigenvalue weighted by Gasteiger charge is -2.03. The molecule has 0 unspecified atom stereocenters. The molecule has 7 nitrogen and oxygen atoms in total. The summed E-state index contributed by atoms with van der Waals surface area (Å²) in [4.78, 5) is 21.3. The summed E-state index contributed by atoms with van der Waals surface area (Å²) in [5.74, 6) is -0.238. The van der Waals surface area contributed by atoms with Crippen LogP contribution in [-0.2, 0) is 0 Å². The van der Waals surface area contributed by atoms with Crippen LogP contribution in [0.4, 0.5) is 5.69 Å². The second-order valence-electron chi connectivity index (χ2n) is 3.67. The molecular weight excluding hydrogens is 252 g/mol. The Balaban J connectivity index is 2.47. The molecule has 0 radical (unpaired) electrons. The van der Waals surface area contributed by atoms with Crippen molar-refractivity contribution in [2.45, 2.75) is 0 Å². The van der Waals surface area contributed by atoms with Crippen LogP contribution in [0.25, 0.3) is 11.3 Å². The Bertz CT molecular complexity index is 647. The Hall–Kier alpha value is -2.83. The number of primary amides is 1. The minimum atomic E-state index is -0.700. The van der Waals surface area contributed by atoms with Gasteiger partial charge in [0.15, 0.2) is 11.5 Å². The predicted octanol–water partition coefficient (Wildman–Crippen LogP) is 1.96. The monoisotopic (exact) mass is 262 g/mol. The van der Waals surface area contributed by atoms with Crippen LogP contribution in [-0.4, -0.2) is 17.9 Å². The van der Waals surface area contributed by atoms with Crippen LogP contribution in [0.15, 0.2) is 34.7 Å². The number of ether oxygens (including phenoxy) is 1. The number of carbonyl (C=O) groups is 1. The maximum absolute atomic E-state index is 10.9. The summed E-state index contributed by atoms with van der Waals surface area (Å²) < 4.78 is 10.1. The van der Waals surface area contributed by atoms with Gasteiger partial charge in [-0.15, -0.1) is 0 Å². The molecule has 0 aliphatic carbocycles. The number of hydrogen-bond donors (Lipinski definition) is 1. The number of amides is 1. The van der Waals surface area contributed by atoms with Gasteiger partial charge in [-0.3, -0.25) is 14.9 Å². The van der Waals surface area contributed by atoms with Crippen LogP contribution in [0.1, 0.15) is 10.6 Å². The number of benzene rings is 1. The molecule has 1 heterocycles. The first-order valence-electron chi connectivity index (χ1n) is 5.25. The molecule has 7 heteroatoms. The van der Waals surface area contributed by atoms with Gasteiger partial charge in [0.25, 0.3) is 5.91 Å². The standard InChI is InChI=1S/C12H10N2O5/c1-18-10-3-2-7(6-8(10)14(16)17)9-4-5-11(19-9)12(13)15/h2-6H,1H3,(H2,13,15). The maximum atomic E-state index is 10.9. The molecule has 2 aromatic rings. The minimum Gasteiger partial charge on any atom is -0.490 e. The van der Waals surface area contributed by atoms with Crippen molar-refractivity contribution in [3.63, 3.8) is 0 Å². The molecule has 1 amide bonds. The van der Waals surface area contributed by atoms with Crippen LogP contribution in [0, 0.1) is 10.1 Å². The van der Waals surface area contributed by atoms with Gasteiger partial charge in [0, 0.05) is 11.6 Å². The third-order valence-corrected chi connectivity index (χ3v) is 2.51. The zero-order valence-electron chi connectivity index (χ0n) is 9.95. The van der Waals surface area contributed by atoms with Gasteiger partial charge in [-0.05, 0) is 24.3 Å². The van der Waals surface area contributed by atoms with E-state index in [1.54, 1.807) is 6.07 Å². The number of methoxy groups -OCH3 is 1. The summed E-state index contributed by atoms with van der Waals surface area (Å²) in [6.07, 6.45) is 0. The third kappa shape index (κ3) is 2.39. The number of nitro groups is 1. The molecular formula is C12H10N2O5. The highest BCUT2D eigenvalue weighted by Gasteiger charge is 2.17. The number of carbonyl (C=O) groups excluding carboxylic acids is 1. The van der Waals surface area contributed by atoms with E-state index in [9.17, 15) is 14.9 Å². The zero-order chi connectivity index (χ0) is 14.0. The van der Waals surface area contributed by atoms with Gasteiger partial charge in [0.2, 0.25) is 0 Å². The van der Waals surface area contributed by atoms with E-state index in [1.165, 1.54) is 31.4 Å². The Morgan fingerprint density at radius 3 is 2.63 bits per heavy atom. The topological polar surface area (TPSA) is 109 Å². The fourth-order valence-corrected chi connectivity index (χ4v) is 1.61. The summed E-state index contributed by atoms with van der Waals surface area (Å²) in [7, 11) is 1.35. The highest BCUT2D eigenvalue weighted by molar-refractivity contribution is 5.90. The molecule has 0 saturated heterocycles. The first-order valence-corrected chi connectivity index (χ1v) is 5.25. The number of rotatable bonds is 4. The highest BCUT2D eigenvalue weighted by atomic mass is 16.6. The van der Waals surface area contributed by atoms with Crippen LogP contribution in [0.2, 0.25) is 0 Å². The SMILES string of the molecule is COc1ccc(-c2ccc(C(N)=O)o2)cc1[N+](=O)[O-]. The summed E-state index contributed by atoms with van der Waals surface area (Å²) in [5.41, 5.74) is 5.34. The average Bonchev–Trinajstić information content (AvgIpc) is 2.87. The van der Waals surface area contributed by atoms with Gasteiger partial charge in [-0.2, -0.15) is 0 Å². The third-order valence-electron chi connectivity index (χ3n) is 2.51. The Morgan fingerprint density at radius 1 is 1.37 bits per heavy atom. The maximum Gasteiger partial charge on any atom is 0.311 e. The predicted molar refractivity (Wildman–Crippen MR) is 65.9 cm³/mol. The molecule has 1 aromatic carbocycles. The summed E-state index contributed by atoms with van der Waals surface area (Å²) in [6, 6.07) is 7.29. The second kappa shape index (κ2) is 4.81. The number of nitrogens with zero attached hydrogens (tertiary/aromatic N) is 1. The Morgan fingerprint density at radius 2 is 2.11 bits per heavy atom. The van der Waals surface area contributed by atoms with Gasteiger partial charge in [0.1, 0.15) is 5.76 Å². The van der Waals surface area contributed by atoms with Crippen molar-refractivity contribution in [3.05, 3.63) is 46.2 Å². The van der Waals surface area contributed by atoms with Crippen molar-refractivity contribution in [1.82, 2.24) is 0 Å². The lowest BCUT2D eigenvalue weighted by Crippen LogP contribution is -2.09. The minimum absolute atomic E-state index is 0.00605. The Labute approximate surface area is 107 Å². The molecule has 0 aliphatic rings. The van der Waals surface area contributed by atoms with Crippen molar-refractivity contribution in [3.8, 4) is 17.1 Å². The van der Waals surface area contributed by atoms with Crippen molar-refractivity contribution >= 4 is 11.6 Å². The lowest BCUT2D eigenvalue weighted by atomic mass is 10.1. The Kier molecular flexibility index (Phi) is 3.19. The molecule has 0 spiro atoms. The number of nitrogens with two attached hydrogens (primary N) is 1. The first-order chi connectivity index (χ1) is 9.02. The number of furan rings is 1. The molecule has 98 valence electrons. The van der Waals surface area contributed by atoms with E-state index in [4.69, 9.17) is 14.9 Å². The van der Waals surface area contributed by atoms with Crippen molar-refractivity contribution in [2.24, 2.45) is 5.73 Å². The van der Waals surface area contributed by atoms with E-state index in [1.807, 2.05) is 0 Å².